The Morgan fingerprint density at radius 2 is 2.27 bits per heavy atom. The van der Waals surface area contributed by atoms with Crippen molar-refractivity contribution in [3.8, 4) is 0 Å². The predicted molar refractivity (Wildman–Crippen MR) is 46.6 cm³/mol. The molecule has 0 aromatic rings. The number of fused-ring (bicyclic) bond motifs is 1. The van der Waals surface area contributed by atoms with Crippen LogP contribution in [0.3, 0.4) is 0 Å². The first-order valence-corrected chi connectivity index (χ1v) is 4.54. The van der Waals surface area contributed by atoms with Gasteiger partial charge in [-0.2, -0.15) is 0 Å². The summed E-state index contributed by atoms with van der Waals surface area (Å²) in [6.45, 7) is 3.18. The number of rotatable bonds is 2. The number of hydrogen-bond donors (Lipinski definition) is 3. The predicted octanol–water partition coefficient (Wildman–Crippen LogP) is -1.70. The molecule has 0 spiro atoms. The fourth-order valence-corrected chi connectivity index (χ4v) is 1.95. The zero-order valence-electron chi connectivity index (χ0n) is 7.92. The lowest BCUT2D eigenvalue weighted by atomic mass is 9.88. The third-order valence-corrected chi connectivity index (χ3v) is 2.81. The number of ether oxygens (including phenoxy) is 2. The highest BCUT2D eigenvalue weighted by Gasteiger charge is 2.72. The lowest BCUT2D eigenvalue weighted by Gasteiger charge is -2.30. The molecule has 2 rings (SSSR count). The van der Waals surface area contributed by atoms with Crippen LogP contribution in [0.5, 0.6) is 0 Å². The maximum Gasteiger partial charge on any atom is 0.344 e. The van der Waals surface area contributed by atoms with Crippen molar-refractivity contribution in [2.45, 2.75) is 30.0 Å². The normalized spacial score (nSPS) is 48.9. The summed E-state index contributed by atoms with van der Waals surface area (Å²) in [6, 6.07) is 0. The second kappa shape index (κ2) is 3.02. The van der Waals surface area contributed by atoms with Crippen LogP contribution in [0.25, 0.3) is 0 Å². The molecule has 0 unspecified atom stereocenters. The van der Waals surface area contributed by atoms with E-state index in [1.165, 1.54) is 6.08 Å². The Kier molecular flexibility index (Phi) is 2.13. The largest absolute Gasteiger partial charge is 0.451 e. The highest BCUT2D eigenvalue weighted by Crippen LogP contribution is 2.44. The number of esters is 1. The molecule has 2 aliphatic rings. The molecule has 0 saturated carbocycles. The van der Waals surface area contributed by atoms with Crippen LogP contribution in [-0.2, 0) is 14.3 Å². The summed E-state index contributed by atoms with van der Waals surface area (Å²) in [4.78, 5) is 11.4. The van der Waals surface area contributed by atoms with Crippen LogP contribution in [0.2, 0.25) is 0 Å². The molecule has 2 heterocycles. The van der Waals surface area contributed by atoms with Gasteiger partial charge in [0.2, 0.25) is 11.4 Å². The average molecular weight is 216 g/mol. The van der Waals surface area contributed by atoms with Gasteiger partial charge in [-0.15, -0.1) is 6.58 Å². The molecule has 6 nitrogen and oxygen atoms in total. The van der Waals surface area contributed by atoms with E-state index >= 15 is 0 Å². The van der Waals surface area contributed by atoms with E-state index in [4.69, 9.17) is 9.47 Å². The summed E-state index contributed by atoms with van der Waals surface area (Å²) >= 11 is 0. The maximum atomic E-state index is 11.4. The van der Waals surface area contributed by atoms with Crippen LogP contribution in [0, 0.1) is 0 Å². The Bertz CT molecular complexity index is 316. The first kappa shape index (κ1) is 10.6. The highest BCUT2D eigenvalue weighted by molar-refractivity contribution is 5.84. The molecule has 0 aromatic heterocycles. The van der Waals surface area contributed by atoms with E-state index in [0.29, 0.717) is 0 Å². The molecule has 2 aliphatic heterocycles. The summed E-state index contributed by atoms with van der Waals surface area (Å²) in [5.74, 6) is -3.19. The minimum Gasteiger partial charge on any atom is -0.451 e. The van der Waals surface area contributed by atoms with Gasteiger partial charge in [-0.3, -0.25) is 0 Å². The van der Waals surface area contributed by atoms with E-state index in [0.717, 1.165) is 0 Å². The first-order valence-electron chi connectivity index (χ1n) is 4.54. The topological polar surface area (TPSA) is 96.2 Å². The summed E-state index contributed by atoms with van der Waals surface area (Å²) < 4.78 is 9.58. The first-order chi connectivity index (χ1) is 6.95. The molecule has 3 N–H and O–H groups in total. The van der Waals surface area contributed by atoms with Crippen LogP contribution in [0.4, 0.5) is 0 Å². The van der Waals surface area contributed by atoms with Gasteiger partial charge >= 0.3 is 5.97 Å². The molecular weight excluding hydrogens is 204 g/mol. The van der Waals surface area contributed by atoms with E-state index in [-0.39, 0.29) is 13.0 Å². The Morgan fingerprint density at radius 3 is 2.87 bits per heavy atom. The molecule has 0 radical (unpaired) electrons. The number of carbonyl (C=O) groups excluding carboxylic acids is 1. The summed E-state index contributed by atoms with van der Waals surface area (Å²) in [7, 11) is 0. The minimum absolute atomic E-state index is 0.187. The van der Waals surface area contributed by atoms with Crippen LogP contribution in [-0.4, -0.2) is 51.5 Å². The van der Waals surface area contributed by atoms with Gasteiger partial charge in [-0.1, -0.05) is 6.08 Å². The Morgan fingerprint density at radius 1 is 1.60 bits per heavy atom. The van der Waals surface area contributed by atoms with Gasteiger partial charge in [-0.05, 0) is 0 Å². The third kappa shape index (κ3) is 1.10. The highest BCUT2D eigenvalue weighted by atomic mass is 16.7. The molecule has 2 saturated heterocycles. The van der Waals surface area contributed by atoms with Crippen LogP contribution in [0.15, 0.2) is 12.7 Å². The van der Waals surface area contributed by atoms with Gasteiger partial charge in [0, 0.05) is 6.42 Å². The third-order valence-electron chi connectivity index (χ3n) is 2.81. The molecule has 6 heteroatoms. The van der Waals surface area contributed by atoms with Gasteiger partial charge in [0.1, 0.15) is 6.10 Å². The number of hydrogen-bond acceptors (Lipinski definition) is 6. The van der Waals surface area contributed by atoms with Gasteiger partial charge in [-0.25, -0.2) is 4.79 Å². The van der Waals surface area contributed by atoms with Crippen molar-refractivity contribution in [2.75, 3.05) is 6.61 Å². The van der Waals surface area contributed by atoms with Gasteiger partial charge in [0.05, 0.1) is 6.61 Å². The zero-order chi connectivity index (χ0) is 11.3. The van der Waals surface area contributed by atoms with Gasteiger partial charge in [0.15, 0.2) is 6.10 Å². The quantitative estimate of drug-likeness (QED) is 0.376. The van der Waals surface area contributed by atoms with Crippen molar-refractivity contribution in [3.05, 3.63) is 12.7 Å². The maximum absolute atomic E-state index is 11.4. The second-order valence-corrected chi connectivity index (χ2v) is 3.75. The molecule has 0 aromatic carbocycles. The molecule has 0 aliphatic carbocycles. The van der Waals surface area contributed by atoms with E-state index in [2.05, 4.69) is 6.58 Å². The van der Waals surface area contributed by atoms with Crippen LogP contribution in [0.1, 0.15) is 6.42 Å². The Hall–Kier alpha value is -0.950. The standard InChI is InChI=1S/C9H12O6/c1-2-3-8(12)7(11)15-6-5(10)4-14-9(6,8)13/h2,5-6,10,12-13H,1,3-4H2/t5-,6+,8+,9-/m0/s1. The minimum atomic E-state index is -2.18. The Balaban J connectivity index is 2.40. The fourth-order valence-electron chi connectivity index (χ4n) is 1.95. The molecule has 2 fully saturated rings. The van der Waals surface area contributed by atoms with Crippen molar-refractivity contribution in [3.63, 3.8) is 0 Å². The second-order valence-electron chi connectivity index (χ2n) is 3.75. The van der Waals surface area contributed by atoms with Crippen LogP contribution >= 0.6 is 0 Å². The van der Waals surface area contributed by atoms with Crippen molar-refractivity contribution in [1.82, 2.24) is 0 Å². The molecule has 84 valence electrons. The fraction of sp³-hybridized carbons (Fsp3) is 0.667. The van der Waals surface area contributed by atoms with Crippen molar-refractivity contribution >= 4 is 5.97 Å². The summed E-state index contributed by atoms with van der Waals surface area (Å²) in [6.07, 6.45) is -1.30. The lowest BCUT2D eigenvalue weighted by Crippen LogP contribution is -2.57. The molecule has 0 bridgehead atoms. The van der Waals surface area contributed by atoms with E-state index in [1.54, 1.807) is 0 Å². The molecule has 0 amide bonds. The van der Waals surface area contributed by atoms with Gasteiger partial charge < -0.3 is 24.8 Å². The van der Waals surface area contributed by atoms with E-state index in [9.17, 15) is 20.1 Å². The number of carbonyl (C=O) groups is 1. The van der Waals surface area contributed by atoms with Crippen molar-refractivity contribution < 1.29 is 29.6 Å². The molecular formula is C9H12O6. The monoisotopic (exact) mass is 216 g/mol. The Labute approximate surface area is 85.7 Å². The van der Waals surface area contributed by atoms with E-state index < -0.39 is 29.6 Å². The molecule has 4 atom stereocenters. The number of aliphatic hydroxyl groups excluding tert-OH is 1. The van der Waals surface area contributed by atoms with Crippen molar-refractivity contribution in [2.24, 2.45) is 0 Å². The summed E-state index contributed by atoms with van der Waals surface area (Å²) in [5, 5.41) is 29.4. The average Bonchev–Trinajstić information content (AvgIpc) is 2.55. The number of aliphatic hydroxyl groups is 3. The lowest BCUT2D eigenvalue weighted by molar-refractivity contribution is -0.261. The SMILES string of the molecule is C=CC[C@@]1(O)C(=O)O[C@@H]2[C@@H](O)CO[C@@]21O. The zero-order valence-corrected chi connectivity index (χ0v) is 7.92. The van der Waals surface area contributed by atoms with E-state index in [1.807, 2.05) is 0 Å². The summed E-state index contributed by atoms with van der Waals surface area (Å²) in [5.41, 5.74) is -2.18. The molecule has 15 heavy (non-hydrogen) atoms. The van der Waals surface area contributed by atoms with Crippen LogP contribution < -0.4 is 0 Å². The van der Waals surface area contributed by atoms with Gasteiger partial charge in [0.25, 0.3) is 0 Å². The smallest absolute Gasteiger partial charge is 0.344 e. The van der Waals surface area contributed by atoms with Crippen molar-refractivity contribution in [1.29, 1.82) is 0 Å².